The molecule has 2 aromatic carbocycles. The van der Waals surface area contributed by atoms with Gasteiger partial charge in [-0.2, -0.15) is 0 Å². The number of rotatable bonds is 12. The molecule has 186 valence electrons. The van der Waals surface area contributed by atoms with E-state index in [0.717, 1.165) is 17.4 Å². The van der Waals surface area contributed by atoms with Gasteiger partial charge in [0.2, 0.25) is 21.8 Å². The Bertz CT molecular complexity index is 1090. The summed E-state index contributed by atoms with van der Waals surface area (Å²) in [4.78, 5) is 27.3. The average molecular weight is 490 g/mol. The van der Waals surface area contributed by atoms with E-state index in [1.165, 1.54) is 11.4 Å². The molecule has 0 aliphatic rings. The number of hydrogen-bond acceptors (Lipinski definition) is 5. The maximum atomic E-state index is 13.2. The van der Waals surface area contributed by atoms with Crippen LogP contribution in [0.1, 0.15) is 37.8 Å². The molecule has 0 aliphatic carbocycles. The quantitative estimate of drug-likeness (QED) is 0.494. The second-order valence-electron chi connectivity index (χ2n) is 8.19. The zero-order chi connectivity index (χ0) is 25.3. The summed E-state index contributed by atoms with van der Waals surface area (Å²) in [6, 6.07) is 14.0. The number of para-hydroxylation sites is 2. The summed E-state index contributed by atoms with van der Waals surface area (Å²) in [5, 5.41) is 2.77. The molecule has 34 heavy (non-hydrogen) atoms. The molecule has 1 unspecified atom stereocenters. The molecule has 2 amide bonds. The van der Waals surface area contributed by atoms with E-state index < -0.39 is 16.1 Å². The number of hydrogen-bond donors (Lipinski definition) is 1. The second-order valence-corrected chi connectivity index (χ2v) is 10.1. The van der Waals surface area contributed by atoms with Gasteiger partial charge in [0, 0.05) is 26.1 Å². The van der Waals surface area contributed by atoms with Crippen molar-refractivity contribution in [2.45, 2.75) is 46.2 Å². The number of benzene rings is 2. The highest BCUT2D eigenvalue weighted by Crippen LogP contribution is 2.29. The maximum absolute atomic E-state index is 13.2. The Morgan fingerprint density at radius 1 is 1.12 bits per heavy atom. The Hall–Kier alpha value is -3.07. The van der Waals surface area contributed by atoms with Crippen molar-refractivity contribution in [1.82, 2.24) is 10.2 Å². The normalized spacial score (nSPS) is 12.0. The fraction of sp³-hybridized carbons (Fsp3) is 0.440. The predicted octanol–water partition coefficient (Wildman–Crippen LogP) is 3.10. The average Bonchev–Trinajstić information content (AvgIpc) is 2.79. The number of carbonyl (C=O) groups is 2. The summed E-state index contributed by atoms with van der Waals surface area (Å²) in [5.74, 6) is -0.00536. The number of nitrogens with one attached hydrogen (secondary N) is 1. The largest absolute Gasteiger partial charge is 0.495 e. The van der Waals surface area contributed by atoms with E-state index in [1.54, 1.807) is 36.1 Å². The molecular formula is C25H35N3O5S. The highest BCUT2D eigenvalue weighted by atomic mass is 32.2. The number of nitrogens with zero attached hydrogens (tertiary/aromatic N) is 2. The van der Waals surface area contributed by atoms with Crippen LogP contribution < -0.4 is 14.4 Å². The van der Waals surface area contributed by atoms with Crippen molar-refractivity contribution < 1.29 is 22.7 Å². The van der Waals surface area contributed by atoms with Gasteiger partial charge >= 0.3 is 0 Å². The molecule has 2 rings (SSSR count). The Morgan fingerprint density at radius 2 is 1.82 bits per heavy atom. The van der Waals surface area contributed by atoms with Gasteiger partial charge in [0.05, 0.1) is 19.1 Å². The van der Waals surface area contributed by atoms with Crippen LogP contribution in [0.2, 0.25) is 0 Å². The van der Waals surface area contributed by atoms with Gasteiger partial charge in [-0.05, 0) is 44.9 Å². The van der Waals surface area contributed by atoms with Crippen LogP contribution in [0, 0.1) is 6.92 Å². The van der Waals surface area contributed by atoms with Gasteiger partial charge in [0.25, 0.3) is 0 Å². The third-order valence-electron chi connectivity index (χ3n) is 5.46. The third kappa shape index (κ3) is 7.48. The molecule has 0 saturated carbocycles. The summed E-state index contributed by atoms with van der Waals surface area (Å²) >= 11 is 0. The zero-order valence-corrected chi connectivity index (χ0v) is 21.4. The molecule has 0 fully saturated rings. The van der Waals surface area contributed by atoms with E-state index in [2.05, 4.69) is 5.32 Å². The summed E-state index contributed by atoms with van der Waals surface area (Å²) in [5.41, 5.74) is 2.42. The lowest BCUT2D eigenvalue weighted by Gasteiger charge is -2.29. The van der Waals surface area contributed by atoms with Crippen molar-refractivity contribution in [2.24, 2.45) is 0 Å². The van der Waals surface area contributed by atoms with E-state index in [1.807, 2.05) is 38.1 Å². The van der Waals surface area contributed by atoms with Crippen molar-refractivity contribution in [3.8, 4) is 5.75 Å². The molecule has 1 atom stereocenters. The molecule has 8 nitrogen and oxygen atoms in total. The Labute approximate surface area is 202 Å². The van der Waals surface area contributed by atoms with E-state index in [9.17, 15) is 18.0 Å². The standard InChI is InChI=1S/C25H35N3O5S/c1-6-26-25(30)20(3)27(18-21-12-9-11-19(2)17-21)24(29)15-10-16-28(34(5,31)32)22-13-7-8-14-23(22)33-4/h7-9,11-14,17,20H,6,10,15-16,18H2,1-5H3,(H,26,30). The van der Waals surface area contributed by atoms with E-state index >= 15 is 0 Å². The number of likely N-dealkylation sites (N-methyl/N-ethyl adjacent to an activating group) is 1. The van der Waals surface area contributed by atoms with Gasteiger partial charge in [0.1, 0.15) is 11.8 Å². The van der Waals surface area contributed by atoms with Crippen LogP contribution in [0.15, 0.2) is 48.5 Å². The van der Waals surface area contributed by atoms with Crippen LogP contribution in [0.4, 0.5) is 5.69 Å². The summed E-state index contributed by atoms with van der Waals surface area (Å²) in [6.45, 7) is 6.38. The number of amides is 2. The van der Waals surface area contributed by atoms with E-state index in [4.69, 9.17) is 4.74 Å². The fourth-order valence-corrected chi connectivity index (χ4v) is 4.70. The lowest BCUT2D eigenvalue weighted by molar-refractivity contribution is -0.140. The molecule has 0 saturated heterocycles. The third-order valence-corrected chi connectivity index (χ3v) is 6.64. The molecule has 0 bridgehead atoms. The number of anilines is 1. The van der Waals surface area contributed by atoms with Gasteiger partial charge in [-0.1, -0.05) is 42.0 Å². The van der Waals surface area contributed by atoms with Crippen LogP contribution in [0.5, 0.6) is 5.75 Å². The Balaban J connectivity index is 2.18. The van der Waals surface area contributed by atoms with Crippen LogP contribution >= 0.6 is 0 Å². The second kappa shape index (κ2) is 12.4. The van der Waals surface area contributed by atoms with E-state index in [0.29, 0.717) is 24.5 Å². The molecule has 9 heteroatoms. The van der Waals surface area contributed by atoms with Gasteiger partial charge < -0.3 is 15.0 Å². The number of aryl methyl sites for hydroxylation is 1. The van der Waals surface area contributed by atoms with E-state index in [-0.39, 0.29) is 31.2 Å². The lowest BCUT2D eigenvalue weighted by atomic mass is 10.1. The number of ether oxygens (including phenoxy) is 1. The smallest absolute Gasteiger partial charge is 0.242 e. The SMILES string of the molecule is CCNC(=O)C(C)N(Cc1cccc(C)c1)C(=O)CCCN(c1ccccc1OC)S(C)(=O)=O. The monoisotopic (exact) mass is 489 g/mol. The number of methoxy groups -OCH3 is 1. The highest BCUT2D eigenvalue weighted by molar-refractivity contribution is 7.92. The van der Waals surface area contributed by atoms with Crippen LogP contribution in [0.25, 0.3) is 0 Å². The highest BCUT2D eigenvalue weighted by Gasteiger charge is 2.27. The van der Waals surface area contributed by atoms with Crippen molar-refractivity contribution >= 4 is 27.5 Å². The topological polar surface area (TPSA) is 96.0 Å². The lowest BCUT2D eigenvalue weighted by Crippen LogP contribution is -2.47. The predicted molar refractivity (Wildman–Crippen MR) is 134 cm³/mol. The first-order valence-corrected chi connectivity index (χ1v) is 13.2. The van der Waals surface area contributed by atoms with Crippen molar-refractivity contribution in [3.63, 3.8) is 0 Å². The summed E-state index contributed by atoms with van der Waals surface area (Å²) in [7, 11) is -2.11. The minimum atomic E-state index is -3.59. The molecule has 2 aromatic rings. The minimum Gasteiger partial charge on any atom is -0.495 e. The molecule has 0 heterocycles. The molecule has 0 aliphatic heterocycles. The van der Waals surface area contributed by atoms with Crippen molar-refractivity contribution in [2.75, 3.05) is 30.8 Å². The maximum Gasteiger partial charge on any atom is 0.242 e. The van der Waals surface area contributed by atoms with Crippen LogP contribution in [-0.2, 0) is 26.2 Å². The first-order valence-electron chi connectivity index (χ1n) is 11.3. The minimum absolute atomic E-state index is 0.0940. The van der Waals surface area contributed by atoms with Crippen molar-refractivity contribution in [1.29, 1.82) is 0 Å². The molecule has 1 N–H and O–H groups in total. The van der Waals surface area contributed by atoms with Gasteiger partial charge in [0.15, 0.2) is 0 Å². The molecular weight excluding hydrogens is 454 g/mol. The summed E-state index contributed by atoms with van der Waals surface area (Å²) < 4.78 is 31.5. The first-order chi connectivity index (χ1) is 16.1. The molecule has 0 spiro atoms. The fourth-order valence-electron chi connectivity index (χ4n) is 3.73. The summed E-state index contributed by atoms with van der Waals surface area (Å²) in [6.07, 6.45) is 1.51. The molecule has 0 radical (unpaired) electrons. The van der Waals surface area contributed by atoms with Gasteiger partial charge in [-0.15, -0.1) is 0 Å². The molecule has 0 aromatic heterocycles. The first kappa shape index (κ1) is 27.2. The Kier molecular flexibility index (Phi) is 9.92. The Morgan fingerprint density at radius 3 is 2.44 bits per heavy atom. The van der Waals surface area contributed by atoms with Crippen molar-refractivity contribution in [3.05, 3.63) is 59.7 Å². The van der Waals surface area contributed by atoms with Crippen LogP contribution in [0.3, 0.4) is 0 Å². The van der Waals surface area contributed by atoms with Gasteiger partial charge in [-0.25, -0.2) is 8.42 Å². The van der Waals surface area contributed by atoms with Crippen LogP contribution in [-0.4, -0.2) is 57.6 Å². The van der Waals surface area contributed by atoms with Gasteiger partial charge in [-0.3, -0.25) is 13.9 Å². The zero-order valence-electron chi connectivity index (χ0n) is 20.6. The number of carbonyl (C=O) groups excluding carboxylic acids is 2. The number of sulfonamides is 1.